The van der Waals surface area contributed by atoms with E-state index in [1.54, 1.807) is 0 Å². The van der Waals surface area contributed by atoms with E-state index in [-0.39, 0.29) is 0 Å². The fourth-order valence-electron chi connectivity index (χ4n) is 2.43. The maximum atomic E-state index is 5.86. The number of hydrogen-bond acceptors (Lipinski definition) is 3. The first kappa shape index (κ1) is 11.6. The summed E-state index contributed by atoms with van der Waals surface area (Å²) in [6.07, 6.45) is 8.97. The van der Waals surface area contributed by atoms with Gasteiger partial charge in [0.25, 0.3) is 0 Å². The van der Waals surface area contributed by atoms with Crippen LogP contribution in [0.5, 0.6) is 0 Å². The van der Waals surface area contributed by atoms with Gasteiger partial charge in [-0.05, 0) is 37.1 Å². The van der Waals surface area contributed by atoms with Crippen LogP contribution in [-0.4, -0.2) is 29.0 Å². The van der Waals surface area contributed by atoms with Crippen LogP contribution in [-0.2, 0) is 6.54 Å². The van der Waals surface area contributed by atoms with Crippen molar-refractivity contribution in [1.29, 1.82) is 0 Å². The van der Waals surface area contributed by atoms with Gasteiger partial charge in [-0.3, -0.25) is 9.88 Å². The first-order valence-electron chi connectivity index (χ1n) is 6.23. The Hall–Kier alpha value is -0.930. The molecule has 1 fully saturated rings. The predicted octanol–water partition coefficient (Wildman–Crippen LogP) is 1.78. The highest BCUT2D eigenvalue weighted by atomic mass is 15.2. The van der Waals surface area contributed by atoms with Gasteiger partial charge in [-0.2, -0.15) is 0 Å². The fraction of sp³-hybridized carbons (Fsp3) is 0.615. The minimum atomic E-state index is 0.565. The molecule has 2 heterocycles. The van der Waals surface area contributed by atoms with E-state index >= 15 is 0 Å². The highest BCUT2D eigenvalue weighted by molar-refractivity contribution is 5.09. The molecule has 3 heteroatoms. The van der Waals surface area contributed by atoms with E-state index in [0.29, 0.717) is 6.04 Å². The maximum Gasteiger partial charge on any atom is 0.0271 e. The number of aromatic nitrogens is 1. The molecule has 2 rings (SSSR count). The molecule has 88 valence electrons. The van der Waals surface area contributed by atoms with Gasteiger partial charge in [0, 0.05) is 31.5 Å². The van der Waals surface area contributed by atoms with Crippen molar-refractivity contribution in [2.45, 2.75) is 38.3 Å². The smallest absolute Gasteiger partial charge is 0.0271 e. The van der Waals surface area contributed by atoms with Crippen molar-refractivity contribution < 1.29 is 0 Å². The van der Waals surface area contributed by atoms with E-state index in [4.69, 9.17) is 5.73 Å². The molecule has 0 amide bonds. The van der Waals surface area contributed by atoms with Crippen LogP contribution >= 0.6 is 0 Å². The molecule has 0 radical (unpaired) electrons. The Kier molecular flexibility index (Phi) is 4.31. The average Bonchev–Trinajstić information content (AvgIpc) is 2.55. The van der Waals surface area contributed by atoms with E-state index in [2.05, 4.69) is 22.0 Å². The van der Waals surface area contributed by atoms with Crippen LogP contribution in [0.1, 0.15) is 31.2 Å². The first-order chi connectivity index (χ1) is 7.90. The summed E-state index contributed by atoms with van der Waals surface area (Å²) >= 11 is 0. The Morgan fingerprint density at radius 1 is 1.25 bits per heavy atom. The van der Waals surface area contributed by atoms with Crippen molar-refractivity contribution in [2.24, 2.45) is 5.73 Å². The molecule has 0 bridgehead atoms. The Balaban J connectivity index is 2.00. The molecular formula is C13H21N3. The van der Waals surface area contributed by atoms with Gasteiger partial charge in [-0.1, -0.05) is 12.8 Å². The van der Waals surface area contributed by atoms with E-state index in [1.807, 2.05) is 12.4 Å². The highest BCUT2D eigenvalue weighted by Gasteiger charge is 2.19. The Bertz CT molecular complexity index is 299. The van der Waals surface area contributed by atoms with Gasteiger partial charge in [-0.25, -0.2) is 0 Å². The van der Waals surface area contributed by atoms with Crippen LogP contribution in [0.15, 0.2) is 24.5 Å². The molecule has 0 saturated carbocycles. The lowest BCUT2D eigenvalue weighted by Gasteiger charge is -2.28. The molecule has 1 aliphatic rings. The number of nitrogens with two attached hydrogens (primary N) is 1. The highest BCUT2D eigenvalue weighted by Crippen LogP contribution is 2.18. The number of likely N-dealkylation sites (tertiary alicyclic amines) is 1. The standard InChI is InChI=1S/C13H21N3/c14-10-13-4-2-1-3-9-16(13)11-12-5-7-15-8-6-12/h5-8,13H,1-4,9-11,14H2. The van der Waals surface area contributed by atoms with Gasteiger partial charge in [-0.15, -0.1) is 0 Å². The molecular weight excluding hydrogens is 198 g/mol. The molecule has 1 aliphatic heterocycles. The van der Waals surface area contributed by atoms with Gasteiger partial charge < -0.3 is 5.73 Å². The summed E-state index contributed by atoms with van der Waals surface area (Å²) in [4.78, 5) is 6.58. The van der Waals surface area contributed by atoms with E-state index < -0.39 is 0 Å². The third kappa shape index (κ3) is 3.03. The molecule has 1 aromatic rings. The van der Waals surface area contributed by atoms with Crippen molar-refractivity contribution in [3.63, 3.8) is 0 Å². The summed E-state index contributed by atoms with van der Waals surface area (Å²) in [5, 5.41) is 0. The van der Waals surface area contributed by atoms with Gasteiger partial charge in [0.05, 0.1) is 0 Å². The number of hydrogen-bond donors (Lipinski definition) is 1. The third-order valence-corrected chi connectivity index (χ3v) is 3.41. The molecule has 0 spiro atoms. The minimum absolute atomic E-state index is 0.565. The van der Waals surface area contributed by atoms with Gasteiger partial charge in [0.2, 0.25) is 0 Å². The van der Waals surface area contributed by atoms with Crippen LogP contribution < -0.4 is 5.73 Å². The van der Waals surface area contributed by atoms with E-state index in [9.17, 15) is 0 Å². The second-order valence-electron chi connectivity index (χ2n) is 4.56. The first-order valence-corrected chi connectivity index (χ1v) is 6.23. The van der Waals surface area contributed by atoms with Gasteiger partial charge >= 0.3 is 0 Å². The minimum Gasteiger partial charge on any atom is -0.329 e. The second kappa shape index (κ2) is 5.97. The summed E-state index contributed by atoms with van der Waals surface area (Å²) in [6.45, 7) is 2.99. The van der Waals surface area contributed by atoms with Crippen molar-refractivity contribution >= 4 is 0 Å². The van der Waals surface area contributed by atoms with Crippen LogP contribution in [0.25, 0.3) is 0 Å². The Morgan fingerprint density at radius 2 is 2.06 bits per heavy atom. The molecule has 1 atom stereocenters. The maximum absolute atomic E-state index is 5.86. The number of rotatable bonds is 3. The second-order valence-corrected chi connectivity index (χ2v) is 4.56. The summed E-state index contributed by atoms with van der Waals surface area (Å²) in [6, 6.07) is 4.76. The van der Waals surface area contributed by atoms with Crippen LogP contribution in [0.2, 0.25) is 0 Å². The summed E-state index contributed by atoms with van der Waals surface area (Å²) in [7, 11) is 0. The third-order valence-electron chi connectivity index (χ3n) is 3.41. The van der Waals surface area contributed by atoms with Crippen LogP contribution in [0.3, 0.4) is 0 Å². The number of nitrogens with zero attached hydrogens (tertiary/aromatic N) is 2. The molecule has 0 aromatic carbocycles. The number of pyridine rings is 1. The SMILES string of the molecule is NCC1CCCCCN1Cc1ccncc1. The molecule has 3 nitrogen and oxygen atoms in total. The van der Waals surface area contributed by atoms with Crippen molar-refractivity contribution in [2.75, 3.05) is 13.1 Å². The molecule has 0 aliphatic carbocycles. The predicted molar refractivity (Wildman–Crippen MR) is 66.0 cm³/mol. The molecule has 1 saturated heterocycles. The topological polar surface area (TPSA) is 42.1 Å². The summed E-state index contributed by atoms with van der Waals surface area (Å²) in [5.41, 5.74) is 7.21. The lowest BCUT2D eigenvalue weighted by Crippen LogP contribution is -2.39. The Morgan fingerprint density at radius 3 is 2.81 bits per heavy atom. The average molecular weight is 219 g/mol. The zero-order valence-electron chi connectivity index (χ0n) is 9.81. The molecule has 1 unspecified atom stereocenters. The van der Waals surface area contributed by atoms with E-state index in [1.165, 1.54) is 37.8 Å². The van der Waals surface area contributed by atoms with Crippen molar-refractivity contribution in [3.8, 4) is 0 Å². The zero-order valence-corrected chi connectivity index (χ0v) is 9.81. The largest absolute Gasteiger partial charge is 0.329 e. The van der Waals surface area contributed by atoms with Gasteiger partial charge in [0.1, 0.15) is 0 Å². The lowest BCUT2D eigenvalue weighted by molar-refractivity contribution is 0.195. The van der Waals surface area contributed by atoms with Crippen molar-refractivity contribution in [3.05, 3.63) is 30.1 Å². The van der Waals surface area contributed by atoms with Gasteiger partial charge in [0.15, 0.2) is 0 Å². The lowest BCUT2D eigenvalue weighted by atomic mass is 10.1. The zero-order chi connectivity index (χ0) is 11.2. The normalized spacial score (nSPS) is 22.9. The summed E-state index contributed by atoms with van der Waals surface area (Å²) < 4.78 is 0. The van der Waals surface area contributed by atoms with Crippen LogP contribution in [0.4, 0.5) is 0 Å². The van der Waals surface area contributed by atoms with Crippen LogP contribution in [0, 0.1) is 0 Å². The fourth-order valence-corrected chi connectivity index (χ4v) is 2.43. The Labute approximate surface area is 97.7 Å². The van der Waals surface area contributed by atoms with E-state index in [0.717, 1.165) is 13.1 Å². The molecule has 16 heavy (non-hydrogen) atoms. The molecule has 2 N–H and O–H groups in total. The monoisotopic (exact) mass is 219 g/mol. The van der Waals surface area contributed by atoms with Crippen molar-refractivity contribution in [1.82, 2.24) is 9.88 Å². The molecule has 1 aromatic heterocycles. The quantitative estimate of drug-likeness (QED) is 0.842. The summed E-state index contributed by atoms with van der Waals surface area (Å²) in [5.74, 6) is 0.